The number of thioether (sulfide) groups is 1. The molecule has 0 fully saturated rings. The predicted molar refractivity (Wildman–Crippen MR) is 134 cm³/mol. The zero-order valence-electron chi connectivity index (χ0n) is 19.8. The second kappa shape index (κ2) is 10.6. The fourth-order valence-electron chi connectivity index (χ4n) is 3.51. The maximum atomic E-state index is 13.0. The molecule has 1 unspecified atom stereocenters. The highest BCUT2D eigenvalue weighted by molar-refractivity contribution is 7.99. The van der Waals surface area contributed by atoms with Gasteiger partial charge in [0.1, 0.15) is 0 Å². The van der Waals surface area contributed by atoms with Crippen LogP contribution in [0, 0.1) is 12.8 Å². The van der Waals surface area contributed by atoms with E-state index in [-0.39, 0.29) is 36.3 Å². The largest absolute Gasteiger partial charge is 0.454 e. The lowest BCUT2D eigenvalue weighted by atomic mass is 10.0. The first kappa shape index (κ1) is 24.9. The van der Waals surface area contributed by atoms with E-state index in [0.29, 0.717) is 38.8 Å². The van der Waals surface area contributed by atoms with Gasteiger partial charge in [-0.2, -0.15) is 0 Å². The molecule has 1 atom stereocenters. The molecule has 2 amide bonds. The molecular formula is C24H26ClN5O4S. The summed E-state index contributed by atoms with van der Waals surface area (Å²) in [4.78, 5) is 25.4. The summed E-state index contributed by atoms with van der Waals surface area (Å²) >= 11 is 7.39. The molecule has 0 saturated heterocycles. The molecule has 9 nitrogen and oxygen atoms in total. The fraction of sp³-hybridized carbons (Fsp3) is 0.333. The monoisotopic (exact) mass is 515 g/mol. The van der Waals surface area contributed by atoms with Crippen LogP contribution in [0.5, 0.6) is 11.5 Å². The second-order valence-electron chi connectivity index (χ2n) is 8.46. The Kier molecular flexibility index (Phi) is 7.51. The number of halogens is 1. The first-order valence-electron chi connectivity index (χ1n) is 11.0. The molecule has 184 valence electrons. The van der Waals surface area contributed by atoms with Crippen LogP contribution in [0.1, 0.15) is 41.6 Å². The van der Waals surface area contributed by atoms with Gasteiger partial charge in [-0.05, 0) is 48.7 Å². The molecule has 11 heteroatoms. The number of aromatic nitrogens is 3. The number of fused-ring (bicyclic) bond motifs is 1. The van der Waals surface area contributed by atoms with Crippen LogP contribution >= 0.6 is 23.4 Å². The minimum Gasteiger partial charge on any atom is -0.454 e. The highest BCUT2D eigenvalue weighted by Crippen LogP contribution is 2.33. The zero-order valence-corrected chi connectivity index (χ0v) is 21.4. The van der Waals surface area contributed by atoms with Gasteiger partial charge in [-0.1, -0.05) is 43.3 Å². The van der Waals surface area contributed by atoms with Crippen molar-refractivity contribution in [3.63, 3.8) is 0 Å². The lowest BCUT2D eigenvalue weighted by Crippen LogP contribution is -2.33. The van der Waals surface area contributed by atoms with Crippen molar-refractivity contribution >= 4 is 40.9 Å². The normalized spacial score (nSPS) is 13.1. The Bertz CT molecular complexity index is 1260. The number of nitrogens with one attached hydrogen (secondary N) is 2. The number of hydrogen-bond acceptors (Lipinski definition) is 7. The van der Waals surface area contributed by atoms with Gasteiger partial charge in [0.25, 0.3) is 5.91 Å². The molecule has 4 rings (SSSR count). The molecule has 0 spiro atoms. The average Bonchev–Trinajstić information content (AvgIpc) is 3.44. The molecular weight excluding hydrogens is 490 g/mol. The quantitative estimate of drug-likeness (QED) is 0.429. The first-order chi connectivity index (χ1) is 16.7. The van der Waals surface area contributed by atoms with Crippen molar-refractivity contribution in [2.24, 2.45) is 13.0 Å². The van der Waals surface area contributed by atoms with E-state index in [2.05, 4.69) is 20.8 Å². The highest BCUT2D eigenvalue weighted by atomic mass is 35.5. The van der Waals surface area contributed by atoms with Crippen LogP contribution in [0.15, 0.2) is 41.6 Å². The number of carbonyl (C=O) groups is 2. The summed E-state index contributed by atoms with van der Waals surface area (Å²) in [7, 11) is 1.82. The number of amides is 2. The minimum absolute atomic E-state index is 0.0447. The third-order valence-electron chi connectivity index (χ3n) is 5.52. The molecule has 2 aromatic carbocycles. The molecule has 0 radical (unpaired) electrons. The number of carbonyl (C=O) groups excluding carboxylic acids is 2. The van der Waals surface area contributed by atoms with Crippen molar-refractivity contribution in [2.75, 3.05) is 17.9 Å². The molecule has 3 aromatic rings. The number of hydrogen-bond donors (Lipinski definition) is 2. The number of anilines is 1. The molecule has 2 heterocycles. The van der Waals surface area contributed by atoms with E-state index in [1.54, 1.807) is 34.9 Å². The molecule has 1 aliphatic heterocycles. The SMILES string of the molecule is Cc1ccc(NC(=O)CSc2nnc(C(NC(=O)c3ccc4c(c3)OCO4)C(C)C)n2C)cc1Cl. The van der Waals surface area contributed by atoms with E-state index in [0.717, 1.165) is 5.56 Å². The Labute approximate surface area is 212 Å². The highest BCUT2D eigenvalue weighted by Gasteiger charge is 2.26. The van der Waals surface area contributed by atoms with Gasteiger partial charge in [-0.25, -0.2) is 0 Å². The van der Waals surface area contributed by atoms with Crippen LogP contribution in [0.4, 0.5) is 5.69 Å². The Morgan fingerprint density at radius 3 is 2.66 bits per heavy atom. The molecule has 0 saturated carbocycles. The van der Waals surface area contributed by atoms with Crippen LogP contribution < -0.4 is 20.1 Å². The van der Waals surface area contributed by atoms with Gasteiger partial charge in [0, 0.05) is 23.3 Å². The molecule has 2 N–H and O–H groups in total. The van der Waals surface area contributed by atoms with Crippen LogP contribution in [0.3, 0.4) is 0 Å². The van der Waals surface area contributed by atoms with Gasteiger partial charge >= 0.3 is 0 Å². The van der Waals surface area contributed by atoms with E-state index >= 15 is 0 Å². The maximum Gasteiger partial charge on any atom is 0.252 e. The van der Waals surface area contributed by atoms with E-state index in [9.17, 15) is 9.59 Å². The van der Waals surface area contributed by atoms with Crippen LogP contribution in [0.25, 0.3) is 0 Å². The van der Waals surface area contributed by atoms with Crippen molar-refractivity contribution in [1.29, 1.82) is 0 Å². The van der Waals surface area contributed by atoms with Gasteiger partial charge < -0.3 is 24.7 Å². The Morgan fingerprint density at radius 1 is 1.14 bits per heavy atom. The minimum atomic E-state index is -0.386. The van der Waals surface area contributed by atoms with E-state index in [4.69, 9.17) is 21.1 Å². The summed E-state index contributed by atoms with van der Waals surface area (Å²) in [6.45, 7) is 6.03. The number of benzene rings is 2. The number of ether oxygens (including phenoxy) is 2. The first-order valence-corrected chi connectivity index (χ1v) is 12.4. The Balaban J connectivity index is 1.41. The summed E-state index contributed by atoms with van der Waals surface area (Å²) in [6, 6.07) is 10.1. The standard InChI is InChI=1S/C24H26ClN5O4S/c1-13(2)21(27-23(32)15-6-8-18-19(9-15)34-12-33-18)22-28-29-24(30(22)4)35-11-20(31)26-16-7-5-14(3)17(25)10-16/h5-10,13,21H,11-12H2,1-4H3,(H,26,31)(H,27,32). The van der Waals surface area contributed by atoms with Crippen LogP contribution in [-0.4, -0.2) is 39.1 Å². The number of nitrogens with zero attached hydrogens (tertiary/aromatic N) is 3. The summed E-state index contributed by atoms with van der Waals surface area (Å²) in [5.74, 6) is 1.51. The molecule has 35 heavy (non-hydrogen) atoms. The fourth-order valence-corrected chi connectivity index (χ4v) is 4.41. The molecule has 1 aliphatic rings. The van der Waals surface area contributed by atoms with Gasteiger partial charge in [-0.3, -0.25) is 9.59 Å². The second-order valence-corrected chi connectivity index (χ2v) is 9.81. The third-order valence-corrected chi connectivity index (χ3v) is 6.95. The van der Waals surface area contributed by atoms with E-state index < -0.39 is 0 Å². The predicted octanol–water partition coefficient (Wildman–Crippen LogP) is 4.36. The van der Waals surface area contributed by atoms with Crippen molar-refractivity contribution in [1.82, 2.24) is 20.1 Å². The van der Waals surface area contributed by atoms with Crippen LogP contribution in [0.2, 0.25) is 5.02 Å². The smallest absolute Gasteiger partial charge is 0.252 e. The number of rotatable bonds is 8. The van der Waals surface area contributed by atoms with Crippen molar-refractivity contribution in [3.8, 4) is 11.5 Å². The van der Waals surface area contributed by atoms with Gasteiger partial charge in [0.05, 0.1) is 11.8 Å². The third kappa shape index (κ3) is 5.71. The molecule has 1 aromatic heterocycles. The van der Waals surface area contributed by atoms with Crippen LogP contribution in [-0.2, 0) is 11.8 Å². The lowest BCUT2D eigenvalue weighted by Gasteiger charge is -2.21. The Morgan fingerprint density at radius 2 is 1.91 bits per heavy atom. The van der Waals surface area contributed by atoms with Gasteiger partial charge in [-0.15, -0.1) is 10.2 Å². The van der Waals surface area contributed by atoms with Crippen molar-refractivity contribution < 1.29 is 19.1 Å². The Hall–Kier alpha value is -3.24. The maximum absolute atomic E-state index is 13.0. The average molecular weight is 516 g/mol. The van der Waals surface area contributed by atoms with Gasteiger partial charge in [0.15, 0.2) is 22.5 Å². The summed E-state index contributed by atoms with van der Waals surface area (Å²) < 4.78 is 12.5. The van der Waals surface area contributed by atoms with E-state index in [1.165, 1.54) is 11.8 Å². The lowest BCUT2D eigenvalue weighted by molar-refractivity contribution is -0.113. The van der Waals surface area contributed by atoms with Gasteiger partial charge in [0.2, 0.25) is 12.7 Å². The zero-order chi connectivity index (χ0) is 25.1. The van der Waals surface area contributed by atoms with Crippen molar-refractivity contribution in [3.05, 3.63) is 58.4 Å². The molecule has 0 bridgehead atoms. The summed E-state index contributed by atoms with van der Waals surface area (Å²) in [5.41, 5.74) is 2.04. The topological polar surface area (TPSA) is 107 Å². The summed E-state index contributed by atoms with van der Waals surface area (Å²) in [5, 5.41) is 15.6. The van der Waals surface area contributed by atoms with Crippen molar-refractivity contribution in [2.45, 2.75) is 32.0 Å². The van der Waals surface area contributed by atoms with E-state index in [1.807, 2.05) is 33.9 Å². The summed E-state index contributed by atoms with van der Waals surface area (Å²) in [6.07, 6.45) is 0. The molecule has 0 aliphatic carbocycles. The number of aryl methyl sites for hydroxylation is 1.